The average molecular weight is 181 g/mol. The summed E-state index contributed by atoms with van der Waals surface area (Å²) in [6, 6.07) is 1.95. The lowest BCUT2D eigenvalue weighted by molar-refractivity contribution is 0.547. The van der Waals surface area contributed by atoms with E-state index in [4.69, 9.17) is 5.73 Å². The highest BCUT2D eigenvalue weighted by atomic mass is 15.2. The molecule has 0 fully saturated rings. The summed E-state index contributed by atoms with van der Waals surface area (Å²) < 4.78 is 0. The highest BCUT2D eigenvalue weighted by molar-refractivity contribution is 5.30. The van der Waals surface area contributed by atoms with Gasteiger partial charge in [0.15, 0.2) is 0 Å². The van der Waals surface area contributed by atoms with Crippen molar-refractivity contribution >= 4 is 5.82 Å². The minimum absolute atomic E-state index is 0.604. The number of nitrogens with zero attached hydrogens (tertiary/aromatic N) is 1. The first-order valence-electron chi connectivity index (χ1n) is 5.08. The fraction of sp³-hybridized carbons (Fsp3) is 0.700. The van der Waals surface area contributed by atoms with Crippen molar-refractivity contribution in [1.29, 1.82) is 0 Å². The molecule has 1 heterocycles. The monoisotopic (exact) mass is 181 g/mol. The van der Waals surface area contributed by atoms with Gasteiger partial charge in [-0.3, -0.25) is 5.10 Å². The molecule has 0 aliphatic heterocycles. The third kappa shape index (κ3) is 2.76. The molecule has 0 atom stereocenters. The van der Waals surface area contributed by atoms with Crippen LogP contribution >= 0.6 is 0 Å². The Kier molecular flexibility index (Phi) is 3.80. The number of nitrogens with one attached hydrogen (secondary N) is 1. The van der Waals surface area contributed by atoms with Gasteiger partial charge in [0.1, 0.15) is 5.82 Å². The number of aromatic amines is 1. The van der Waals surface area contributed by atoms with E-state index in [1.807, 2.05) is 6.07 Å². The van der Waals surface area contributed by atoms with Crippen LogP contribution in [0.2, 0.25) is 0 Å². The van der Waals surface area contributed by atoms with Crippen LogP contribution in [-0.2, 0) is 0 Å². The molecule has 3 heteroatoms. The van der Waals surface area contributed by atoms with Crippen LogP contribution in [0.3, 0.4) is 0 Å². The van der Waals surface area contributed by atoms with Crippen LogP contribution in [0.4, 0.5) is 5.82 Å². The molecule has 1 aromatic rings. The van der Waals surface area contributed by atoms with E-state index in [0.29, 0.717) is 11.7 Å². The van der Waals surface area contributed by atoms with Gasteiger partial charge >= 0.3 is 0 Å². The van der Waals surface area contributed by atoms with Crippen molar-refractivity contribution in [3.63, 3.8) is 0 Å². The van der Waals surface area contributed by atoms with Crippen molar-refractivity contribution in [2.45, 2.75) is 45.4 Å². The largest absolute Gasteiger partial charge is 0.382 e. The fourth-order valence-electron chi connectivity index (χ4n) is 1.71. The maximum Gasteiger partial charge on any atom is 0.145 e. The first-order valence-corrected chi connectivity index (χ1v) is 5.08. The first kappa shape index (κ1) is 10.1. The minimum Gasteiger partial charge on any atom is -0.382 e. The van der Waals surface area contributed by atoms with Gasteiger partial charge in [-0.25, -0.2) is 0 Å². The minimum atomic E-state index is 0.604. The molecule has 0 aliphatic carbocycles. The fourth-order valence-corrected chi connectivity index (χ4v) is 1.71. The number of anilines is 1. The molecular weight excluding hydrogens is 162 g/mol. The standard InChI is InChI=1S/C10H19N3/c1-3-5-8(6-4-2)9-7-10(11)13-12-9/h7-8H,3-6H2,1-2H3,(H3,11,12,13). The second kappa shape index (κ2) is 4.90. The van der Waals surface area contributed by atoms with Gasteiger partial charge in [-0.15, -0.1) is 0 Å². The predicted molar refractivity (Wildman–Crippen MR) is 55.6 cm³/mol. The third-order valence-electron chi connectivity index (χ3n) is 2.33. The Balaban J connectivity index is 2.63. The summed E-state index contributed by atoms with van der Waals surface area (Å²) in [6.07, 6.45) is 4.86. The number of nitrogens with two attached hydrogens (primary N) is 1. The number of hydrogen-bond acceptors (Lipinski definition) is 2. The summed E-state index contributed by atoms with van der Waals surface area (Å²) in [7, 11) is 0. The smallest absolute Gasteiger partial charge is 0.145 e. The Hall–Kier alpha value is -0.990. The van der Waals surface area contributed by atoms with Crippen molar-refractivity contribution < 1.29 is 0 Å². The van der Waals surface area contributed by atoms with Crippen LogP contribution in [0.5, 0.6) is 0 Å². The molecule has 74 valence electrons. The Labute approximate surface area is 79.7 Å². The molecule has 3 N–H and O–H groups in total. The Morgan fingerprint density at radius 3 is 2.38 bits per heavy atom. The number of aromatic nitrogens is 2. The number of hydrogen-bond donors (Lipinski definition) is 2. The lowest BCUT2D eigenvalue weighted by Crippen LogP contribution is -1.98. The summed E-state index contributed by atoms with van der Waals surface area (Å²) in [5.41, 5.74) is 6.76. The molecule has 0 saturated heterocycles. The van der Waals surface area contributed by atoms with E-state index in [2.05, 4.69) is 24.0 Å². The van der Waals surface area contributed by atoms with Gasteiger partial charge in [0.25, 0.3) is 0 Å². The molecule has 0 aromatic carbocycles. The van der Waals surface area contributed by atoms with Gasteiger partial charge in [-0.2, -0.15) is 5.10 Å². The quantitative estimate of drug-likeness (QED) is 0.733. The molecule has 0 spiro atoms. The molecule has 0 aliphatic rings. The van der Waals surface area contributed by atoms with Crippen LogP contribution in [0.1, 0.15) is 51.1 Å². The molecule has 13 heavy (non-hydrogen) atoms. The third-order valence-corrected chi connectivity index (χ3v) is 2.33. The van der Waals surface area contributed by atoms with E-state index in [-0.39, 0.29) is 0 Å². The predicted octanol–water partition coefficient (Wildman–Crippen LogP) is 2.68. The van der Waals surface area contributed by atoms with E-state index in [0.717, 1.165) is 0 Å². The Morgan fingerprint density at radius 1 is 1.38 bits per heavy atom. The van der Waals surface area contributed by atoms with Gasteiger partial charge in [0.2, 0.25) is 0 Å². The highest BCUT2D eigenvalue weighted by Gasteiger charge is 2.11. The summed E-state index contributed by atoms with van der Waals surface area (Å²) in [5.74, 6) is 1.21. The SMILES string of the molecule is CCCC(CCC)c1cc(N)n[nH]1. The normalized spacial score (nSPS) is 11.0. The molecular formula is C10H19N3. The zero-order valence-electron chi connectivity index (χ0n) is 8.51. The lowest BCUT2D eigenvalue weighted by atomic mass is 9.95. The molecule has 1 aromatic heterocycles. The zero-order valence-corrected chi connectivity index (χ0v) is 8.51. The lowest BCUT2D eigenvalue weighted by Gasteiger charge is -2.12. The van der Waals surface area contributed by atoms with Crippen molar-refractivity contribution in [3.8, 4) is 0 Å². The van der Waals surface area contributed by atoms with Gasteiger partial charge in [-0.1, -0.05) is 26.7 Å². The number of H-pyrrole nitrogens is 1. The molecule has 3 nitrogen and oxygen atoms in total. The molecule has 0 bridgehead atoms. The Morgan fingerprint density at radius 2 is 2.00 bits per heavy atom. The van der Waals surface area contributed by atoms with Crippen molar-refractivity contribution in [3.05, 3.63) is 11.8 Å². The number of rotatable bonds is 5. The average Bonchev–Trinajstić information content (AvgIpc) is 2.51. The zero-order chi connectivity index (χ0) is 9.68. The van der Waals surface area contributed by atoms with Crippen LogP contribution < -0.4 is 5.73 Å². The topological polar surface area (TPSA) is 54.7 Å². The molecule has 0 amide bonds. The first-order chi connectivity index (χ1) is 6.27. The van der Waals surface area contributed by atoms with E-state index in [9.17, 15) is 0 Å². The van der Waals surface area contributed by atoms with Gasteiger partial charge in [0.05, 0.1) is 0 Å². The second-order valence-corrected chi connectivity index (χ2v) is 3.52. The van der Waals surface area contributed by atoms with Crippen molar-refractivity contribution in [2.24, 2.45) is 0 Å². The van der Waals surface area contributed by atoms with E-state index in [1.165, 1.54) is 31.4 Å². The van der Waals surface area contributed by atoms with Gasteiger partial charge in [0, 0.05) is 17.7 Å². The summed E-state index contributed by atoms with van der Waals surface area (Å²) in [6.45, 7) is 4.42. The molecule has 0 radical (unpaired) electrons. The number of nitrogen functional groups attached to an aromatic ring is 1. The van der Waals surface area contributed by atoms with E-state index >= 15 is 0 Å². The van der Waals surface area contributed by atoms with Crippen LogP contribution in [-0.4, -0.2) is 10.2 Å². The van der Waals surface area contributed by atoms with Crippen molar-refractivity contribution in [2.75, 3.05) is 5.73 Å². The summed E-state index contributed by atoms with van der Waals surface area (Å²) >= 11 is 0. The molecule has 1 rings (SSSR count). The maximum absolute atomic E-state index is 5.57. The molecule has 0 saturated carbocycles. The van der Waals surface area contributed by atoms with Crippen LogP contribution in [0, 0.1) is 0 Å². The highest BCUT2D eigenvalue weighted by Crippen LogP contribution is 2.25. The van der Waals surface area contributed by atoms with E-state index < -0.39 is 0 Å². The van der Waals surface area contributed by atoms with Gasteiger partial charge < -0.3 is 5.73 Å². The summed E-state index contributed by atoms with van der Waals surface area (Å²) in [4.78, 5) is 0. The van der Waals surface area contributed by atoms with Crippen molar-refractivity contribution in [1.82, 2.24) is 10.2 Å². The summed E-state index contributed by atoms with van der Waals surface area (Å²) in [5, 5.41) is 6.95. The van der Waals surface area contributed by atoms with E-state index in [1.54, 1.807) is 0 Å². The van der Waals surface area contributed by atoms with Crippen LogP contribution in [0.25, 0.3) is 0 Å². The second-order valence-electron chi connectivity index (χ2n) is 3.52. The Bertz CT molecular complexity index is 236. The van der Waals surface area contributed by atoms with Gasteiger partial charge in [-0.05, 0) is 12.8 Å². The van der Waals surface area contributed by atoms with Crippen LogP contribution in [0.15, 0.2) is 6.07 Å². The maximum atomic E-state index is 5.57. The molecule has 0 unspecified atom stereocenters.